The smallest absolute Gasteiger partial charge is 0.252 e. The lowest BCUT2D eigenvalue weighted by atomic mass is 9.76. The molecule has 1 saturated heterocycles. The molecule has 1 aromatic heterocycles. The van der Waals surface area contributed by atoms with Crippen LogP contribution in [0.15, 0.2) is 16.3 Å². The fourth-order valence-corrected chi connectivity index (χ4v) is 6.71. The summed E-state index contributed by atoms with van der Waals surface area (Å²) in [4.78, 5) is 1.07. The van der Waals surface area contributed by atoms with Gasteiger partial charge in [0.2, 0.25) is 0 Å². The molecule has 6 heteroatoms. The number of hydrogen-bond acceptors (Lipinski definition) is 4. The molecule has 4 nitrogen and oxygen atoms in total. The Morgan fingerprint density at radius 2 is 2.00 bits per heavy atom. The van der Waals surface area contributed by atoms with E-state index < -0.39 is 10.0 Å². The van der Waals surface area contributed by atoms with Gasteiger partial charge in [0, 0.05) is 24.5 Å². The van der Waals surface area contributed by atoms with Gasteiger partial charge >= 0.3 is 0 Å². The van der Waals surface area contributed by atoms with Crippen LogP contribution < -0.4 is 5.32 Å². The zero-order valence-corrected chi connectivity index (χ0v) is 14.2. The van der Waals surface area contributed by atoms with E-state index in [1.807, 2.05) is 13.1 Å². The summed E-state index contributed by atoms with van der Waals surface area (Å²) in [5.41, 5.74) is 0. The fraction of sp³-hybridized carbons (Fsp3) is 0.733. The van der Waals surface area contributed by atoms with E-state index in [-0.39, 0.29) is 0 Å². The van der Waals surface area contributed by atoms with E-state index in [2.05, 4.69) is 5.32 Å². The minimum Gasteiger partial charge on any atom is -0.315 e. The molecule has 1 N–H and O–H groups in total. The molecule has 2 atom stereocenters. The fourth-order valence-electron chi connectivity index (χ4n) is 3.68. The van der Waals surface area contributed by atoms with Crippen LogP contribution in [0, 0.1) is 11.8 Å². The number of thiophene rings is 1. The highest BCUT2D eigenvalue weighted by Gasteiger charge is 2.36. The number of sulfonamides is 1. The second-order valence-corrected chi connectivity index (χ2v) is 9.54. The van der Waals surface area contributed by atoms with E-state index in [0.717, 1.165) is 30.3 Å². The van der Waals surface area contributed by atoms with Gasteiger partial charge in [-0.2, -0.15) is 4.31 Å². The van der Waals surface area contributed by atoms with Crippen LogP contribution in [0.5, 0.6) is 0 Å². The lowest BCUT2D eigenvalue weighted by molar-refractivity contribution is 0.136. The van der Waals surface area contributed by atoms with E-state index in [0.29, 0.717) is 16.7 Å². The van der Waals surface area contributed by atoms with Crippen LogP contribution in [0.25, 0.3) is 0 Å². The third-order valence-electron chi connectivity index (χ3n) is 4.84. The molecule has 118 valence electrons. The topological polar surface area (TPSA) is 49.4 Å². The first kappa shape index (κ1) is 15.5. The molecule has 2 heterocycles. The molecule has 1 saturated carbocycles. The van der Waals surface area contributed by atoms with Crippen molar-refractivity contribution in [2.45, 2.75) is 42.9 Å². The van der Waals surface area contributed by atoms with Gasteiger partial charge in [0.1, 0.15) is 4.21 Å². The van der Waals surface area contributed by atoms with Gasteiger partial charge in [0.25, 0.3) is 10.0 Å². The molecule has 0 spiro atoms. The standard InChI is InChI=1S/C15H24N2O2S2/c1-16-10-14-6-7-15(20-14)21(18,19)17-9-8-12-4-2-3-5-13(12)11-17/h6-7,12-13,16H,2-5,8-11H2,1H3. The Morgan fingerprint density at radius 1 is 1.24 bits per heavy atom. The van der Waals surface area contributed by atoms with Crippen molar-refractivity contribution in [2.75, 3.05) is 20.1 Å². The average Bonchev–Trinajstić information content (AvgIpc) is 2.96. The first-order valence-electron chi connectivity index (χ1n) is 7.84. The second-order valence-electron chi connectivity index (χ2n) is 6.21. The minimum absolute atomic E-state index is 0.502. The molecular weight excluding hydrogens is 304 g/mol. The van der Waals surface area contributed by atoms with Gasteiger partial charge < -0.3 is 5.32 Å². The van der Waals surface area contributed by atoms with Crippen LogP contribution in [0.2, 0.25) is 0 Å². The molecule has 3 rings (SSSR count). The molecule has 0 radical (unpaired) electrons. The van der Waals surface area contributed by atoms with Gasteiger partial charge in [-0.05, 0) is 43.9 Å². The number of hydrogen-bond donors (Lipinski definition) is 1. The van der Waals surface area contributed by atoms with E-state index in [9.17, 15) is 8.42 Å². The molecular formula is C15H24N2O2S2. The summed E-state index contributed by atoms with van der Waals surface area (Å²) in [6.45, 7) is 2.15. The third-order valence-corrected chi connectivity index (χ3v) is 8.25. The van der Waals surface area contributed by atoms with Gasteiger partial charge in [0.05, 0.1) is 0 Å². The number of nitrogens with zero attached hydrogens (tertiary/aromatic N) is 1. The predicted octanol–water partition coefficient (Wildman–Crippen LogP) is 2.67. The first-order chi connectivity index (χ1) is 10.1. The van der Waals surface area contributed by atoms with E-state index in [4.69, 9.17) is 0 Å². The maximum Gasteiger partial charge on any atom is 0.252 e. The van der Waals surface area contributed by atoms with Gasteiger partial charge in [-0.25, -0.2) is 8.42 Å². The number of rotatable bonds is 4. The summed E-state index contributed by atoms with van der Waals surface area (Å²) in [5, 5.41) is 3.07. The molecule has 2 aliphatic rings. The average molecular weight is 329 g/mol. The maximum absolute atomic E-state index is 12.8. The lowest BCUT2D eigenvalue weighted by Gasteiger charge is -2.40. The summed E-state index contributed by atoms with van der Waals surface area (Å²) < 4.78 is 27.8. The largest absolute Gasteiger partial charge is 0.315 e. The van der Waals surface area contributed by atoms with E-state index in [1.165, 1.54) is 37.0 Å². The zero-order valence-electron chi connectivity index (χ0n) is 12.5. The van der Waals surface area contributed by atoms with Crippen LogP contribution in [-0.2, 0) is 16.6 Å². The van der Waals surface area contributed by atoms with Crippen LogP contribution in [-0.4, -0.2) is 32.9 Å². The quantitative estimate of drug-likeness (QED) is 0.924. The summed E-state index contributed by atoms with van der Waals surface area (Å²) in [7, 11) is -1.41. The number of nitrogens with one attached hydrogen (secondary N) is 1. The number of fused-ring (bicyclic) bond motifs is 1. The van der Waals surface area contributed by atoms with Crippen molar-refractivity contribution in [1.82, 2.24) is 9.62 Å². The van der Waals surface area contributed by atoms with E-state index >= 15 is 0 Å². The van der Waals surface area contributed by atoms with Crippen LogP contribution >= 0.6 is 11.3 Å². The Balaban J connectivity index is 1.75. The summed E-state index contributed by atoms with van der Waals surface area (Å²) in [5.74, 6) is 1.34. The molecule has 1 aliphatic heterocycles. The first-order valence-corrected chi connectivity index (χ1v) is 10.1. The second kappa shape index (κ2) is 6.36. The van der Waals surface area contributed by atoms with Gasteiger partial charge in [-0.1, -0.05) is 19.3 Å². The highest BCUT2D eigenvalue weighted by atomic mass is 32.2. The molecule has 2 unspecified atom stereocenters. The van der Waals surface area contributed by atoms with Crippen molar-refractivity contribution in [1.29, 1.82) is 0 Å². The Labute approximate surface area is 131 Å². The SMILES string of the molecule is CNCc1ccc(S(=O)(=O)N2CCC3CCCCC3C2)s1. The van der Waals surface area contributed by atoms with Crippen molar-refractivity contribution in [3.05, 3.63) is 17.0 Å². The Bertz CT molecular complexity index is 582. The normalized spacial score (nSPS) is 27.5. The van der Waals surface area contributed by atoms with Crippen molar-refractivity contribution in [3.63, 3.8) is 0 Å². The van der Waals surface area contributed by atoms with Gasteiger partial charge in [-0.15, -0.1) is 11.3 Å². The van der Waals surface area contributed by atoms with Crippen LogP contribution in [0.3, 0.4) is 0 Å². The highest BCUT2D eigenvalue weighted by Crippen LogP contribution is 2.38. The molecule has 21 heavy (non-hydrogen) atoms. The summed E-state index contributed by atoms with van der Waals surface area (Å²) in [6, 6.07) is 3.68. The Hall–Kier alpha value is -0.430. The van der Waals surface area contributed by atoms with Crippen molar-refractivity contribution >= 4 is 21.4 Å². The Kier molecular flexibility index (Phi) is 4.69. The minimum atomic E-state index is -3.29. The summed E-state index contributed by atoms with van der Waals surface area (Å²) in [6.07, 6.45) is 6.13. The van der Waals surface area contributed by atoms with Gasteiger partial charge in [0.15, 0.2) is 0 Å². The van der Waals surface area contributed by atoms with Crippen molar-refractivity contribution in [2.24, 2.45) is 11.8 Å². The van der Waals surface area contributed by atoms with Gasteiger partial charge in [-0.3, -0.25) is 0 Å². The maximum atomic E-state index is 12.8. The summed E-state index contributed by atoms with van der Waals surface area (Å²) >= 11 is 1.40. The van der Waals surface area contributed by atoms with Crippen molar-refractivity contribution in [3.8, 4) is 0 Å². The van der Waals surface area contributed by atoms with Crippen molar-refractivity contribution < 1.29 is 8.42 Å². The highest BCUT2D eigenvalue weighted by molar-refractivity contribution is 7.91. The molecule has 2 fully saturated rings. The van der Waals surface area contributed by atoms with Crippen LogP contribution in [0.4, 0.5) is 0 Å². The Morgan fingerprint density at radius 3 is 2.76 bits per heavy atom. The predicted molar refractivity (Wildman–Crippen MR) is 85.9 cm³/mol. The molecule has 0 amide bonds. The lowest BCUT2D eigenvalue weighted by Crippen LogP contribution is -2.44. The molecule has 1 aliphatic carbocycles. The zero-order chi connectivity index (χ0) is 14.9. The molecule has 1 aromatic rings. The van der Waals surface area contributed by atoms with Crippen LogP contribution in [0.1, 0.15) is 37.0 Å². The van der Waals surface area contributed by atoms with E-state index in [1.54, 1.807) is 10.4 Å². The number of piperidine rings is 1. The molecule has 0 aromatic carbocycles. The monoisotopic (exact) mass is 328 g/mol. The molecule has 0 bridgehead atoms. The third kappa shape index (κ3) is 3.18.